The van der Waals surface area contributed by atoms with E-state index < -0.39 is 22.4 Å². The van der Waals surface area contributed by atoms with Crippen molar-refractivity contribution < 1.29 is 24.4 Å². The molecule has 0 unspecified atom stereocenters. The number of pyridine rings is 1. The van der Waals surface area contributed by atoms with Gasteiger partial charge in [0.25, 0.3) is 5.69 Å². The van der Waals surface area contributed by atoms with Gasteiger partial charge in [-0.2, -0.15) is 5.10 Å². The lowest BCUT2D eigenvalue weighted by Gasteiger charge is -2.05. The molecule has 0 aliphatic heterocycles. The Morgan fingerprint density at radius 3 is 2.42 bits per heavy atom. The van der Waals surface area contributed by atoms with Crippen LogP contribution in [0.4, 0.5) is 5.69 Å². The number of ether oxygens (including phenoxy) is 1. The molecule has 2 aromatic carbocycles. The van der Waals surface area contributed by atoms with Gasteiger partial charge in [0.15, 0.2) is 5.78 Å². The number of rotatable bonds is 6. The van der Waals surface area contributed by atoms with Gasteiger partial charge in [-0.1, -0.05) is 30.3 Å². The molecule has 154 valence electrons. The molecule has 2 heterocycles. The molecule has 0 amide bonds. The van der Waals surface area contributed by atoms with Crippen LogP contribution in [0.1, 0.15) is 26.3 Å². The number of methoxy groups -OCH3 is 1. The number of aromatic carboxylic acids is 1. The number of ketones is 1. The molecule has 1 N–H and O–H groups in total. The fourth-order valence-corrected chi connectivity index (χ4v) is 3.29. The van der Waals surface area contributed by atoms with E-state index >= 15 is 0 Å². The Labute approximate surface area is 175 Å². The van der Waals surface area contributed by atoms with Crippen molar-refractivity contribution in [3.05, 3.63) is 93.7 Å². The largest absolute Gasteiger partial charge is 0.495 e. The fraction of sp³-hybridized carbons (Fsp3) is 0.0455. The lowest BCUT2D eigenvalue weighted by molar-refractivity contribution is -0.384. The minimum absolute atomic E-state index is 0.116. The highest BCUT2D eigenvalue weighted by Crippen LogP contribution is 2.31. The summed E-state index contributed by atoms with van der Waals surface area (Å²) in [5, 5.41) is 25.1. The molecular formula is C22H15N3O6. The van der Waals surface area contributed by atoms with Crippen LogP contribution in [0.3, 0.4) is 0 Å². The number of carboxylic acids is 1. The summed E-state index contributed by atoms with van der Waals surface area (Å²) in [6, 6.07) is 15.4. The highest BCUT2D eigenvalue weighted by atomic mass is 16.6. The van der Waals surface area contributed by atoms with Crippen LogP contribution < -0.4 is 4.74 Å². The standard InChI is InChI=1S/C22H15N3O6/c1-31-17-7-8-18-19(20(23-24(18)12-17)13-5-3-2-4-6-13)21(26)14-9-15(22(27)28)11-16(10-14)25(29)30/h2-12H,1H3,(H,27,28). The third-order valence-electron chi connectivity index (χ3n) is 4.75. The first-order valence-corrected chi connectivity index (χ1v) is 9.08. The van der Waals surface area contributed by atoms with E-state index in [2.05, 4.69) is 5.10 Å². The van der Waals surface area contributed by atoms with Crippen molar-refractivity contribution in [3.63, 3.8) is 0 Å². The molecule has 0 fully saturated rings. The van der Waals surface area contributed by atoms with E-state index in [1.54, 1.807) is 42.6 Å². The predicted octanol–water partition coefficient (Wildman–Crippen LogP) is 3.85. The summed E-state index contributed by atoms with van der Waals surface area (Å²) in [7, 11) is 1.51. The number of fused-ring (bicyclic) bond motifs is 1. The number of hydrogen-bond donors (Lipinski definition) is 1. The molecule has 9 heteroatoms. The third-order valence-corrected chi connectivity index (χ3v) is 4.75. The van der Waals surface area contributed by atoms with Gasteiger partial charge in [-0.3, -0.25) is 14.9 Å². The molecule has 0 atom stereocenters. The van der Waals surface area contributed by atoms with Gasteiger partial charge in [0.05, 0.1) is 34.9 Å². The molecular weight excluding hydrogens is 402 g/mol. The second-order valence-electron chi connectivity index (χ2n) is 6.65. The Bertz CT molecular complexity index is 1310. The van der Waals surface area contributed by atoms with Crippen molar-refractivity contribution in [1.29, 1.82) is 0 Å². The molecule has 4 aromatic rings. The van der Waals surface area contributed by atoms with Crippen molar-refractivity contribution >= 4 is 23.0 Å². The van der Waals surface area contributed by atoms with Gasteiger partial charge >= 0.3 is 5.97 Å². The van der Waals surface area contributed by atoms with Crippen molar-refractivity contribution in [2.24, 2.45) is 0 Å². The first-order valence-electron chi connectivity index (χ1n) is 9.08. The average molecular weight is 417 g/mol. The molecule has 0 aliphatic rings. The number of benzene rings is 2. The molecule has 0 saturated carbocycles. The predicted molar refractivity (Wildman–Crippen MR) is 111 cm³/mol. The number of carboxylic acid groups (broad SMARTS) is 1. The zero-order chi connectivity index (χ0) is 22.1. The zero-order valence-electron chi connectivity index (χ0n) is 16.2. The van der Waals surface area contributed by atoms with Crippen LogP contribution in [0.5, 0.6) is 5.75 Å². The van der Waals surface area contributed by atoms with Crippen molar-refractivity contribution in [2.45, 2.75) is 0 Å². The Hall–Kier alpha value is -4.53. The van der Waals surface area contributed by atoms with Crippen LogP contribution >= 0.6 is 0 Å². The molecule has 31 heavy (non-hydrogen) atoms. The number of nitrogens with zero attached hydrogens (tertiary/aromatic N) is 3. The quantitative estimate of drug-likeness (QED) is 0.287. The van der Waals surface area contributed by atoms with Gasteiger partial charge in [0.2, 0.25) is 0 Å². The van der Waals surface area contributed by atoms with Crippen molar-refractivity contribution in [2.75, 3.05) is 7.11 Å². The summed E-state index contributed by atoms with van der Waals surface area (Å²) < 4.78 is 6.71. The van der Waals surface area contributed by atoms with Crippen LogP contribution in [0, 0.1) is 10.1 Å². The Balaban J connectivity index is 1.98. The van der Waals surface area contributed by atoms with Gasteiger partial charge in [0.1, 0.15) is 11.4 Å². The van der Waals surface area contributed by atoms with Crippen LogP contribution in [0.2, 0.25) is 0 Å². The molecule has 4 rings (SSSR count). The van der Waals surface area contributed by atoms with E-state index in [0.717, 1.165) is 18.2 Å². The third kappa shape index (κ3) is 3.60. The smallest absolute Gasteiger partial charge is 0.335 e. The van der Waals surface area contributed by atoms with E-state index in [4.69, 9.17) is 4.74 Å². The van der Waals surface area contributed by atoms with E-state index in [0.29, 0.717) is 22.5 Å². The lowest BCUT2D eigenvalue weighted by Crippen LogP contribution is -2.07. The summed E-state index contributed by atoms with van der Waals surface area (Å²) in [5.41, 5.74) is 0.729. The first-order chi connectivity index (χ1) is 14.9. The van der Waals surface area contributed by atoms with Gasteiger partial charge < -0.3 is 9.84 Å². The number of hydrogen-bond acceptors (Lipinski definition) is 6. The molecule has 0 aliphatic carbocycles. The second kappa shape index (κ2) is 7.71. The first kappa shape index (κ1) is 19.8. The molecule has 9 nitrogen and oxygen atoms in total. The summed E-state index contributed by atoms with van der Waals surface area (Å²) in [6.07, 6.45) is 1.61. The highest BCUT2D eigenvalue weighted by Gasteiger charge is 2.25. The zero-order valence-corrected chi connectivity index (χ0v) is 16.2. The van der Waals surface area contributed by atoms with Crippen LogP contribution in [0.15, 0.2) is 66.9 Å². The van der Waals surface area contributed by atoms with E-state index in [-0.39, 0.29) is 16.7 Å². The Morgan fingerprint density at radius 1 is 1.06 bits per heavy atom. The van der Waals surface area contributed by atoms with Gasteiger partial charge in [0, 0.05) is 23.3 Å². The average Bonchev–Trinajstić information content (AvgIpc) is 3.17. The fourth-order valence-electron chi connectivity index (χ4n) is 3.29. The molecule has 0 saturated heterocycles. The monoisotopic (exact) mass is 417 g/mol. The van der Waals surface area contributed by atoms with Crippen LogP contribution in [-0.4, -0.2) is 38.5 Å². The minimum atomic E-state index is -1.37. The maximum absolute atomic E-state index is 13.5. The summed E-state index contributed by atoms with van der Waals surface area (Å²) in [5.74, 6) is -1.42. The number of carbonyl (C=O) groups excluding carboxylic acids is 1. The normalized spacial score (nSPS) is 10.7. The van der Waals surface area contributed by atoms with Crippen molar-refractivity contribution in [3.8, 4) is 17.0 Å². The minimum Gasteiger partial charge on any atom is -0.495 e. The Morgan fingerprint density at radius 2 is 1.77 bits per heavy atom. The number of nitro benzene ring substituents is 1. The van der Waals surface area contributed by atoms with Gasteiger partial charge in [-0.25, -0.2) is 9.31 Å². The SMILES string of the molecule is COc1ccc2c(C(=O)c3cc(C(=O)O)cc([N+](=O)[O-])c3)c(-c3ccccc3)nn2c1. The number of aromatic nitrogens is 2. The summed E-state index contributed by atoms with van der Waals surface area (Å²) >= 11 is 0. The topological polar surface area (TPSA) is 124 Å². The van der Waals surface area contributed by atoms with Crippen LogP contribution in [-0.2, 0) is 0 Å². The second-order valence-corrected chi connectivity index (χ2v) is 6.65. The number of nitro groups is 1. The van der Waals surface area contributed by atoms with Gasteiger partial charge in [-0.15, -0.1) is 0 Å². The van der Waals surface area contributed by atoms with Gasteiger partial charge in [-0.05, 0) is 18.2 Å². The van der Waals surface area contributed by atoms with Crippen LogP contribution in [0.25, 0.3) is 16.8 Å². The van der Waals surface area contributed by atoms with Crippen molar-refractivity contribution in [1.82, 2.24) is 9.61 Å². The highest BCUT2D eigenvalue weighted by molar-refractivity contribution is 6.17. The Kier molecular flexibility index (Phi) is 4.92. The van der Waals surface area contributed by atoms with E-state index in [9.17, 15) is 24.8 Å². The molecule has 0 radical (unpaired) electrons. The number of non-ortho nitro benzene ring substituents is 1. The molecule has 2 aromatic heterocycles. The summed E-state index contributed by atoms with van der Waals surface area (Å²) in [6.45, 7) is 0. The molecule has 0 bridgehead atoms. The van der Waals surface area contributed by atoms with E-state index in [1.165, 1.54) is 11.6 Å². The lowest BCUT2D eigenvalue weighted by atomic mass is 9.97. The maximum atomic E-state index is 13.5. The summed E-state index contributed by atoms with van der Waals surface area (Å²) in [4.78, 5) is 35.5. The number of carbonyl (C=O) groups is 2. The molecule has 0 spiro atoms. The maximum Gasteiger partial charge on any atom is 0.335 e. The van der Waals surface area contributed by atoms with E-state index in [1.807, 2.05) is 6.07 Å².